The zero-order chi connectivity index (χ0) is 11.5. The molecular formula is C11H19N3OS. The Hall–Kier alpha value is -0.550. The predicted octanol–water partition coefficient (Wildman–Crippen LogP) is 2.00. The van der Waals surface area contributed by atoms with Crippen molar-refractivity contribution in [2.45, 2.75) is 62.6 Å². The second-order valence-electron chi connectivity index (χ2n) is 4.28. The fourth-order valence-corrected chi connectivity index (χ4v) is 3.49. The number of hydrogen-bond acceptors (Lipinski definition) is 4. The van der Waals surface area contributed by atoms with Gasteiger partial charge in [0.2, 0.25) is 0 Å². The van der Waals surface area contributed by atoms with Gasteiger partial charge in [0.1, 0.15) is 5.82 Å². The molecule has 90 valence electrons. The lowest BCUT2D eigenvalue weighted by molar-refractivity contribution is 0.137. The quantitative estimate of drug-likeness (QED) is 0.879. The molecule has 2 unspecified atom stereocenters. The van der Waals surface area contributed by atoms with Gasteiger partial charge >= 0.3 is 0 Å². The Morgan fingerprint density at radius 1 is 1.38 bits per heavy atom. The van der Waals surface area contributed by atoms with Crippen molar-refractivity contribution >= 4 is 11.8 Å². The van der Waals surface area contributed by atoms with E-state index in [1.54, 1.807) is 11.8 Å². The van der Waals surface area contributed by atoms with E-state index in [9.17, 15) is 5.11 Å². The summed E-state index contributed by atoms with van der Waals surface area (Å²) in [4.78, 5) is 0. The minimum absolute atomic E-state index is 0.180. The molecule has 4 nitrogen and oxygen atoms in total. The Morgan fingerprint density at radius 3 is 2.81 bits per heavy atom. The lowest BCUT2D eigenvalue weighted by Crippen LogP contribution is -2.27. The minimum Gasteiger partial charge on any atom is -0.392 e. The van der Waals surface area contributed by atoms with E-state index in [1.807, 2.05) is 6.92 Å². The molecule has 1 aliphatic rings. The predicted molar refractivity (Wildman–Crippen MR) is 64.6 cm³/mol. The van der Waals surface area contributed by atoms with Gasteiger partial charge in [-0.3, -0.25) is 0 Å². The molecule has 1 aromatic heterocycles. The first kappa shape index (κ1) is 11.9. The van der Waals surface area contributed by atoms with Gasteiger partial charge in [-0.25, -0.2) is 0 Å². The summed E-state index contributed by atoms with van der Waals surface area (Å²) in [5, 5.41) is 19.4. The Bertz CT molecular complexity index is 353. The Kier molecular flexibility index (Phi) is 3.86. The fourth-order valence-electron chi connectivity index (χ4n) is 2.16. The van der Waals surface area contributed by atoms with E-state index in [2.05, 4.69) is 21.7 Å². The number of aliphatic hydroxyl groups is 1. The van der Waals surface area contributed by atoms with Crippen molar-refractivity contribution in [3.8, 4) is 0 Å². The molecule has 1 aromatic rings. The zero-order valence-electron chi connectivity index (χ0n) is 9.89. The van der Waals surface area contributed by atoms with Gasteiger partial charge < -0.3 is 9.67 Å². The molecule has 1 N–H and O–H groups in total. The zero-order valence-corrected chi connectivity index (χ0v) is 10.7. The third-order valence-corrected chi connectivity index (χ3v) is 4.51. The highest BCUT2D eigenvalue weighted by molar-refractivity contribution is 7.99. The summed E-state index contributed by atoms with van der Waals surface area (Å²) in [6.45, 7) is 4.96. The molecular weight excluding hydrogens is 222 g/mol. The van der Waals surface area contributed by atoms with Crippen molar-refractivity contribution in [1.82, 2.24) is 14.8 Å². The van der Waals surface area contributed by atoms with E-state index < -0.39 is 0 Å². The Labute approximate surface area is 100 Å². The van der Waals surface area contributed by atoms with Gasteiger partial charge in [-0.2, -0.15) is 0 Å². The standard InChI is InChI=1S/C11H19N3OS/c1-3-14-8(2)12-13-11(14)16-10-7-5-4-6-9(10)15/h9-10,15H,3-7H2,1-2H3. The molecule has 16 heavy (non-hydrogen) atoms. The highest BCUT2D eigenvalue weighted by Gasteiger charge is 2.25. The third-order valence-electron chi connectivity index (χ3n) is 3.14. The summed E-state index contributed by atoms with van der Waals surface area (Å²) >= 11 is 1.68. The normalized spacial score (nSPS) is 25.9. The molecule has 1 heterocycles. The van der Waals surface area contributed by atoms with Crippen LogP contribution in [0.25, 0.3) is 0 Å². The van der Waals surface area contributed by atoms with Gasteiger partial charge in [0, 0.05) is 11.8 Å². The van der Waals surface area contributed by atoms with Crippen LogP contribution in [-0.2, 0) is 6.54 Å². The van der Waals surface area contributed by atoms with Gasteiger partial charge in [-0.1, -0.05) is 24.6 Å². The smallest absolute Gasteiger partial charge is 0.191 e. The van der Waals surface area contributed by atoms with Crippen molar-refractivity contribution in [1.29, 1.82) is 0 Å². The topological polar surface area (TPSA) is 50.9 Å². The highest BCUT2D eigenvalue weighted by Crippen LogP contribution is 2.33. The molecule has 0 radical (unpaired) electrons. The van der Waals surface area contributed by atoms with E-state index in [1.165, 1.54) is 6.42 Å². The SMILES string of the molecule is CCn1c(C)nnc1SC1CCCCC1O. The van der Waals surface area contributed by atoms with Crippen molar-refractivity contribution in [2.75, 3.05) is 0 Å². The maximum atomic E-state index is 9.92. The number of thioether (sulfide) groups is 1. The molecule has 0 saturated heterocycles. The van der Waals surface area contributed by atoms with Crippen LogP contribution >= 0.6 is 11.8 Å². The molecule has 0 amide bonds. The summed E-state index contributed by atoms with van der Waals surface area (Å²) in [5.74, 6) is 0.954. The summed E-state index contributed by atoms with van der Waals surface area (Å²) < 4.78 is 2.10. The molecule has 0 bridgehead atoms. The first-order valence-electron chi connectivity index (χ1n) is 5.97. The van der Waals surface area contributed by atoms with Crippen LogP contribution in [0.5, 0.6) is 0 Å². The van der Waals surface area contributed by atoms with Crippen LogP contribution in [0, 0.1) is 6.92 Å². The van der Waals surface area contributed by atoms with Crippen LogP contribution in [0.15, 0.2) is 5.16 Å². The van der Waals surface area contributed by atoms with Crippen LogP contribution in [0.2, 0.25) is 0 Å². The van der Waals surface area contributed by atoms with Gasteiger partial charge in [-0.05, 0) is 26.7 Å². The van der Waals surface area contributed by atoms with Crippen LogP contribution in [0.3, 0.4) is 0 Å². The van der Waals surface area contributed by atoms with Crippen LogP contribution in [0.1, 0.15) is 38.4 Å². The molecule has 5 heteroatoms. The number of aromatic nitrogens is 3. The van der Waals surface area contributed by atoms with Crippen molar-refractivity contribution in [3.63, 3.8) is 0 Å². The summed E-state index contributed by atoms with van der Waals surface area (Å²) in [5.41, 5.74) is 0. The Morgan fingerprint density at radius 2 is 2.12 bits per heavy atom. The number of hydrogen-bond donors (Lipinski definition) is 1. The maximum Gasteiger partial charge on any atom is 0.191 e. The second kappa shape index (κ2) is 5.19. The second-order valence-corrected chi connectivity index (χ2v) is 5.49. The van der Waals surface area contributed by atoms with E-state index in [0.717, 1.165) is 36.8 Å². The van der Waals surface area contributed by atoms with Gasteiger partial charge in [0.25, 0.3) is 0 Å². The summed E-state index contributed by atoms with van der Waals surface area (Å²) in [6.07, 6.45) is 4.20. The van der Waals surface area contributed by atoms with E-state index >= 15 is 0 Å². The molecule has 0 spiro atoms. The van der Waals surface area contributed by atoms with E-state index in [0.29, 0.717) is 5.25 Å². The molecule has 1 fully saturated rings. The molecule has 2 rings (SSSR count). The maximum absolute atomic E-state index is 9.92. The molecule has 2 atom stereocenters. The van der Waals surface area contributed by atoms with Gasteiger partial charge in [0.15, 0.2) is 5.16 Å². The lowest BCUT2D eigenvalue weighted by atomic mass is 9.97. The number of rotatable bonds is 3. The number of aliphatic hydroxyl groups excluding tert-OH is 1. The highest BCUT2D eigenvalue weighted by atomic mass is 32.2. The van der Waals surface area contributed by atoms with Crippen LogP contribution in [-0.4, -0.2) is 31.2 Å². The van der Waals surface area contributed by atoms with Gasteiger partial charge in [0.05, 0.1) is 6.10 Å². The lowest BCUT2D eigenvalue weighted by Gasteiger charge is -2.26. The van der Waals surface area contributed by atoms with Crippen molar-refractivity contribution in [2.24, 2.45) is 0 Å². The third kappa shape index (κ3) is 2.40. The molecule has 1 saturated carbocycles. The monoisotopic (exact) mass is 241 g/mol. The minimum atomic E-state index is -0.180. The first-order chi connectivity index (χ1) is 7.72. The van der Waals surface area contributed by atoms with Crippen molar-refractivity contribution < 1.29 is 5.11 Å². The van der Waals surface area contributed by atoms with Crippen LogP contribution < -0.4 is 0 Å². The Balaban J connectivity index is 2.07. The first-order valence-corrected chi connectivity index (χ1v) is 6.85. The molecule has 1 aliphatic carbocycles. The molecule has 0 aliphatic heterocycles. The van der Waals surface area contributed by atoms with Crippen LogP contribution in [0.4, 0.5) is 0 Å². The molecule has 0 aromatic carbocycles. The van der Waals surface area contributed by atoms with Crippen molar-refractivity contribution in [3.05, 3.63) is 5.82 Å². The fraction of sp³-hybridized carbons (Fsp3) is 0.818. The number of aryl methyl sites for hydroxylation is 1. The van der Waals surface area contributed by atoms with E-state index in [4.69, 9.17) is 0 Å². The average Bonchev–Trinajstić information content (AvgIpc) is 2.63. The van der Waals surface area contributed by atoms with Gasteiger partial charge in [-0.15, -0.1) is 10.2 Å². The summed E-state index contributed by atoms with van der Waals surface area (Å²) in [6, 6.07) is 0. The van der Waals surface area contributed by atoms with E-state index in [-0.39, 0.29) is 6.10 Å². The number of nitrogens with zero attached hydrogens (tertiary/aromatic N) is 3. The average molecular weight is 241 g/mol. The summed E-state index contributed by atoms with van der Waals surface area (Å²) in [7, 11) is 0. The largest absolute Gasteiger partial charge is 0.392 e.